The average molecular weight is 523 g/mol. The fourth-order valence-corrected chi connectivity index (χ4v) is 8.96. The molecule has 0 heterocycles. The minimum Gasteiger partial charge on any atom is -1.00 e. The van der Waals surface area contributed by atoms with Gasteiger partial charge in [-0.15, -0.1) is 0 Å². The van der Waals surface area contributed by atoms with Gasteiger partial charge in [0.15, 0.2) is 5.78 Å². The van der Waals surface area contributed by atoms with E-state index in [9.17, 15) is 4.79 Å². The van der Waals surface area contributed by atoms with E-state index in [1.54, 1.807) is 0 Å². The van der Waals surface area contributed by atoms with Crippen LogP contribution in [-0.4, -0.2) is 5.78 Å². The van der Waals surface area contributed by atoms with Crippen LogP contribution >= 0.6 is 7.26 Å². The van der Waals surface area contributed by atoms with Gasteiger partial charge >= 0.3 is 0 Å². The molecule has 0 N–H and O–H groups in total. The summed E-state index contributed by atoms with van der Waals surface area (Å²) < 4.78 is 0. The fourth-order valence-electron chi connectivity index (χ4n) is 4.52. The summed E-state index contributed by atoms with van der Waals surface area (Å²) in [6.45, 7) is 0. The third-order valence-corrected chi connectivity index (χ3v) is 10.3. The minimum atomic E-state index is -2.34. The molecule has 0 fully saturated rings. The molecule has 0 amide bonds. The van der Waals surface area contributed by atoms with Crippen molar-refractivity contribution in [1.29, 1.82) is 0 Å². The second-order valence-corrected chi connectivity index (χ2v) is 11.3. The lowest BCUT2D eigenvalue weighted by atomic mass is 10.0. The highest BCUT2D eigenvalue weighted by Crippen LogP contribution is 2.55. The van der Waals surface area contributed by atoms with Crippen LogP contribution in [0.1, 0.15) is 15.9 Å². The van der Waals surface area contributed by atoms with Crippen molar-refractivity contribution in [3.05, 3.63) is 157 Å². The van der Waals surface area contributed by atoms with Gasteiger partial charge in [0.05, 0.1) is 5.56 Å². The molecule has 0 aliphatic carbocycles. The lowest BCUT2D eigenvalue weighted by Crippen LogP contribution is -3.00. The third kappa shape index (κ3) is 4.28. The Bertz CT molecular complexity index is 1260. The first-order valence-electron chi connectivity index (χ1n) is 11.1. The Kier molecular flexibility index (Phi) is 7.53. The lowest BCUT2D eigenvalue weighted by Gasteiger charge is -2.29. The molecule has 5 aromatic rings. The molecule has 0 aliphatic heterocycles. The zero-order valence-electron chi connectivity index (χ0n) is 18.6. The summed E-state index contributed by atoms with van der Waals surface area (Å²) in [5.74, 6) is 0.0540. The predicted octanol–water partition coefficient (Wildman–Crippen LogP) is 2.54. The molecule has 5 aromatic carbocycles. The molecule has 0 unspecified atom stereocenters. The minimum absolute atomic E-state index is 0. The number of ketones is 1. The van der Waals surface area contributed by atoms with Crippen molar-refractivity contribution in [3.8, 4) is 0 Å². The summed E-state index contributed by atoms with van der Waals surface area (Å²) in [7, 11) is -2.34. The summed E-state index contributed by atoms with van der Waals surface area (Å²) in [5, 5.41) is 4.78. The summed E-state index contributed by atoms with van der Waals surface area (Å²) >= 11 is 0. The summed E-state index contributed by atoms with van der Waals surface area (Å²) in [6, 6.07) is 49.7. The van der Waals surface area contributed by atoms with E-state index < -0.39 is 7.26 Å². The first-order valence-corrected chi connectivity index (χ1v) is 12.9. The molecular formula is C31H24BrOP. The van der Waals surface area contributed by atoms with Gasteiger partial charge in [-0.25, -0.2) is 0 Å². The molecule has 0 saturated carbocycles. The second-order valence-electron chi connectivity index (χ2n) is 7.89. The van der Waals surface area contributed by atoms with Crippen molar-refractivity contribution in [2.75, 3.05) is 0 Å². The Morgan fingerprint density at radius 1 is 0.441 bits per heavy atom. The van der Waals surface area contributed by atoms with Gasteiger partial charge in [-0.2, -0.15) is 0 Å². The van der Waals surface area contributed by atoms with Gasteiger partial charge < -0.3 is 17.0 Å². The van der Waals surface area contributed by atoms with E-state index in [1.807, 2.05) is 42.5 Å². The van der Waals surface area contributed by atoms with Crippen LogP contribution in [0.4, 0.5) is 0 Å². The van der Waals surface area contributed by atoms with Gasteiger partial charge in [-0.3, -0.25) is 4.79 Å². The molecule has 3 heteroatoms. The number of carbonyl (C=O) groups excluding carboxylic acids is 1. The van der Waals surface area contributed by atoms with E-state index in [0.717, 1.165) is 10.9 Å². The van der Waals surface area contributed by atoms with Crippen molar-refractivity contribution in [3.63, 3.8) is 0 Å². The summed E-state index contributed by atoms with van der Waals surface area (Å²) in [5.41, 5.74) is 1.46. The number of hydrogen-bond acceptors (Lipinski definition) is 1. The zero-order valence-corrected chi connectivity index (χ0v) is 21.1. The number of benzene rings is 5. The van der Waals surface area contributed by atoms with Crippen molar-refractivity contribution < 1.29 is 21.8 Å². The second kappa shape index (κ2) is 10.7. The molecular weight excluding hydrogens is 499 g/mol. The van der Waals surface area contributed by atoms with Crippen LogP contribution in [-0.2, 0) is 0 Å². The van der Waals surface area contributed by atoms with E-state index in [-0.39, 0.29) is 22.8 Å². The Hall–Kier alpha value is -3.32. The van der Waals surface area contributed by atoms with Crippen LogP contribution in [0.5, 0.6) is 0 Å². The van der Waals surface area contributed by atoms with Crippen LogP contribution < -0.4 is 38.2 Å². The molecule has 0 bridgehead atoms. The molecule has 34 heavy (non-hydrogen) atoms. The molecule has 0 spiro atoms. The van der Waals surface area contributed by atoms with Gasteiger partial charge in [0.2, 0.25) is 0 Å². The van der Waals surface area contributed by atoms with Crippen LogP contribution in [0.2, 0.25) is 0 Å². The number of rotatable bonds is 6. The Morgan fingerprint density at radius 2 is 0.794 bits per heavy atom. The SMILES string of the molecule is O=C(c1ccccc1)c1ccccc1[P+](c1ccccc1)(c1ccccc1)c1ccccc1.[Br-]. The predicted molar refractivity (Wildman–Crippen MR) is 141 cm³/mol. The number of hydrogen-bond donors (Lipinski definition) is 0. The van der Waals surface area contributed by atoms with E-state index >= 15 is 0 Å². The van der Waals surface area contributed by atoms with Gasteiger partial charge in [0, 0.05) is 5.56 Å². The summed E-state index contributed by atoms with van der Waals surface area (Å²) in [6.07, 6.45) is 0. The smallest absolute Gasteiger partial charge is 0.197 e. The van der Waals surface area contributed by atoms with Gasteiger partial charge in [0.25, 0.3) is 0 Å². The van der Waals surface area contributed by atoms with E-state index in [1.165, 1.54) is 15.9 Å². The first-order chi connectivity index (χ1) is 16.3. The van der Waals surface area contributed by atoms with Crippen molar-refractivity contribution in [1.82, 2.24) is 0 Å². The molecule has 0 saturated heterocycles. The zero-order chi connectivity index (χ0) is 22.5. The van der Waals surface area contributed by atoms with E-state index in [2.05, 4.69) is 103 Å². The van der Waals surface area contributed by atoms with Crippen molar-refractivity contribution >= 4 is 34.3 Å². The van der Waals surface area contributed by atoms with Gasteiger partial charge in [-0.1, -0.05) is 97.1 Å². The highest BCUT2D eigenvalue weighted by atomic mass is 79.9. The van der Waals surface area contributed by atoms with Crippen molar-refractivity contribution in [2.45, 2.75) is 0 Å². The van der Waals surface area contributed by atoms with E-state index in [4.69, 9.17) is 0 Å². The Balaban J connectivity index is 0.00000274. The maximum Gasteiger partial charge on any atom is 0.197 e. The normalized spacial score (nSPS) is 10.8. The van der Waals surface area contributed by atoms with E-state index in [0.29, 0.717) is 5.56 Å². The molecule has 1 nitrogen and oxygen atoms in total. The van der Waals surface area contributed by atoms with Crippen molar-refractivity contribution in [2.24, 2.45) is 0 Å². The first kappa shape index (κ1) is 23.8. The fraction of sp³-hybridized carbons (Fsp3) is 0. The Morgan fingerprint density at radius 3 is 1.24 bits per heavy atom. The average Bonchev–Trinajstić information content (AvgIpc) is 2.91. The lowest BCUT2D eigenvalue weighted by molar-refractivity contribution is -0.0000135. The molecule has 0 radical (unpaired) electrons. The largest absolute Gasteiger partial charge is 1.00 e. The molecule has 5 rings (SSSR count). The molecule has 166 valence electrons. The molecule has 0 aliphatic rings. The van der Waals surface area contributed by atoms with Crippen LogP contribution in [0, 0.1) is 0 Å². The number of carbonyl (C=O) groups is 1. The highest BCUT2D eigenvalue weighted by Gasteiger charge is 2.49. The van der Waals surface area contributed by atoms with Gasteiger partial charge in [0.1, 0.15) is 28.5 Å². The maximum atomic E-state index is 13.8. The molecule has 0 atom stereocenters. The summed E-state index contributed by atoms with van der Waals surface area (Å²) in [4.78, 5) is 13.8. The van der Waals surface area contributed by atoms with Gasteiger partial charge in [-0.05, 0) is 48.5 Å². The Labute approximate surface area is 212 Å². The van der Waals surface area contributed by atoms with Crippen LogP contribution in [0.15, 0.2) is 146 Å². The third-order valence-electron chi connectivity index (χ3n) is 5.98. The number of halogens is 1. The van der Waals surface area contributed by atoms with Crippen LogP contribution in [0.3, 0.4) is 0 Å². The quantitative estimate of drug-likeness (QED) is 0.247. The topological polar surface area (TPSA) is 17.1 Å². The maximum absolute atomic E-state index is 13.8. The van der Waals surface area contributed by atoms with Crippen LogP contribution in [0.25, 0.3) is 0 Å². The highest BCUT2D eigenvalue weighted by molar-refractivity contribution is 8.01. The monoisotopic (exact) mass is 522 g/mol. The standard InChI is InChI=1S/C31H24OP.BrH/c32-31(25-15-5-1-6-16-25)29-23-13-14-24-30(29)33(26-17-7-2-8-18-26,27-19-9-3-10-20-27)28-21-11-4-12-22-28;/h1-24H;1H/q+1;/p-1. The molecule has 0 aromatic heterocycles.